The fourth-order valence-electron chi connectivity index (χ4n) is 1.97. The van der Waals surface area contributed by atoms with Gasteiger partial charge in [-0.15, -0.1) is 0 Å². The maximum absolute atomic E-state index is 10.9. The molecule has 1 fully saturated rings. The molecule has 116 valence electrons. The van der Waals surface area contributed by atoms with Crippen LogP contribution in [0.25, 0.3) is 0 Å². The van der Waals surface area contributed by atoms with Crippen LogP contribution in [0.5, 0.6) is 0 Å². The van der Waals surface area contributed by atoms with Crippen molar-refractivity contribution in [3.05, 3.63) is 46.0 Å². The van der Waals surface area contributed by atoms with Crippen LogP contribution in [0.3, 0.4) is 0 Å². The molecular formula is C15H23NO4Si. The van der Waals surface area contributed by atoms with E-state index in [1.54, 1.807) is 0 Å². The maximum Gasteiger partial charge on any atom is 0.345 e. The van der Waals surface area contributed by atoms with Crippen LogP contribution < -0.4 is 0 Å². The normalized spacial score (nSPS) is 23.7. The second-order valence-electron chi connectivity index (χ2n) is 6.99. The Morgan fingerprint density at radius 2 is 1.86 bits per heavy atom. The lowest BCUT2D eigenvalue weighted by Crippen LogP contribution is -2.43. The summed E-state index contributed by atoms with van der Waals surface area (Å²) in [7, 11) is -2.04. The summed E-state index contributed by atoms with van der Waals surface area (Å²) in [6.45, 7) is 10.7. The minimum atomic E-state index is -2.04. The average molecular weight is 309 g/mol. The predicted octanol–water partition coefficient (Wildman–Crippen LogP) is 3.75. The molecule has 0 amide bonds. The second kappa shape index (κ2) is 5.51. The largest absolute Gasteiger partial charge is 0.407 e. The molecule has 3 atom stereocenters. The number of nitrogens with zero attached hydrogens (tertiary/aromatic N) is 1. The van der Waals surface area contributed by atoms with E-state index in [4.69, 9.17) is 9.16 Å². The lowest BCUT2D eigenvalue weighted by molar-refractivity contribution is -0.516. The summed E-state index contributed by atoms with van der Waals surface area (Å²) in [4.78, 5) is 10.5. The van der Waals surface area contributed by atoms with Gasteiger partial charge in [0.15, 0.2) is 14.4 Å². The molecule has 5 nitrogen and oxygen atoms in total. The number of rotatable bonds is 5. The van der Waals surface area contributed by atoms with Gasteiger partial charge in [-0.05, 0) is 23.7 Å². The molecule has 0 saturated carbocycles. The van der Waals surface area contributed by atoms with Gasteiger partial charge in [0.2, 0.25) is 0 Å². The Morgan fingerprint density at radius 1 is 1.29 bits per heavy atom. The van der Waals surface area contributed by atoms with Crippen molar-refractivity contribution in [3.63, 3.8) is 0 Å². The first kappa shape index (κ1) is 16.1. The van der Waals surface area contributed by atoms with E-state index < -0.39 is 20.6 Å². The van der Waals surface area contributed by atoms with Crippen molar-refractivity contribution in [2.75, 3.05) is 0 Å². The number of ether oxygens (including phenoxy) is 1. The molecule has 0 bridgehead atoms. The van der Waals surface area contributed by atoms with Gasteiger partial charge in [-0.3, -0.25) is 14.9 Å². The first-order valence-corrected chi connectivity index (χ1v) is 10.1. The Morgan fingerprint density at radius 3 is 2.29 bits per heavy atom. The van der Waals surface area contributed by atoms with Crippen LogP contribution in [0.1, 0.15) is 32.4 Å². The van der Waals surface area contributed by atoms with Crippen molar-refractivity contribution >= 4 is 8.32 Å². The number of hydrogen-bond donors (Lipinski definition) is 0. The van der Waals surface area contributed by atoms with E-state index >= 15 is 0 Å². The number of benzene rings is 1. The Labute approximate surface area is 126 Å². The van der Waals surface area contributed by atoms with Crippen molar-refractivity contribution in [1.29, 1.82) is 0 Å². The molecule has 0 N–H and O–H groups in total. The molecule has 1 aromatic rings. The molecule has 1 aliphatic heterocycles. The van der Waals surface area contributed by atoms with Crippen LogP contribution >= 0.6 is 0 Å². The van der Waals surface area contributed by atoms with E-state index in [0.29, 0.717) is 0 Å². The highest BCUT2D eigenvalue weighted by Gasteiger charge is 2.57. The van der Waals surface area contributed by atoms with Gasteiger partial charge in [0.1, 0.15) is 6.10 Å². The summed E-state index contributed by atoms with van der Waals surface area (Å²) < 4.78 is 11.7. The Kier molecular flexibility index (Phi) is 4.23. The topological polar surface area (TPSA) is 64.9 Å². The van der Waals surface area contributed by atoms with Gasteiger partial charge in [0.25, 0.3) is 0 Å². The minimum Gasteiger partial charge on any atom is -0.407 e. The van der Waals surface area contributed by atoms with Gasteiger partial charge in [-0.2, -0.15) is 0 Å². The molecule has 21 heavy (non-hydrogen) atoms. The van der Waals surface area contributed by atoms with Gasteiger partial charge in [-0.1, -0.05) is 51.1 Å². The smallest absolute Gasteiger partial charge is 0.345 e. The summed E-state index contributed by atoms with van der Waals surface area (Å²) in [5.41, 5.74) is 0.941. The highest BCUT2D eigenvalue weighted by Crippen LogP contribution is 2.44. The molecule has 1 heterocycles. The molecule has 0 aliphatic carbocycles. The summed E-state index contributed by atoms with van der Waals surface area (Å²) >= 11 is 0. The lowest BCUT2D eigenvalue weighted by atomic mass is 10.1. The monoisotopic (exact) mass is 309 g/mol. The van der Waals surface area contributed by atoms with E-state index in [-0.39, 0.29) is 16.1 Å². The van der Waals surface area contributed by atoms with Crippen molar-refractivity contribution in [1.82, 2.24) is 0 Å². The first-order valence-electron chi connectivity index (χ1n) is 7.15. The second-order valence-corrected chi connectivity index (χ2v) is 11.7. The van der Waals surface area contributed by atoms with Gasteiger partial charge in [0.05, 0.1) is 4.92 Å². The molecule has 1 aliphatic rings. The third-order valence-corrected chi connectivity index (χ3v) is 8.82. The van der Waals surface area contributed by atoms with Crippen LogP contribution in [-0.2, 0) is 9.16 Å². The van der Waals surface area contributed by atoms with E-state index in [0.717, 1.165) is 5.56 Å². The molecule has 1 saturated heterocycles. The van der Waals surface area contributed by atoms with Crippen LogP contribution in [0, 0.1) is 10.1 Å². The van der Waals surface area contributed by atoms with Gasteiger partial charge in [-0.25, -0.2) is 0 Å². The van der Waals surface area contributed by atoms with E-state index in [2.05, 4.69) is 33.9 Å². The van der Waals surface area contributed by atoms with E-state index in [9.17, 15) is 10.1 Å². The summed E-state index contributed by atoms with van der Waals surface area (Å²) in [6.07, 6.45) is -1.81. The Bertz CT molecular complexity index is 512. The third-order valence-electron chi connectivity index (χ3n) is 4.36. The first-order chi connectivity index (χ1) is 9.63. The molecule has 2 rings (SSSR count). The fourth-order valence-corrected chi connectivity index (χ4v) is 3.23. The van der Waals surface area contributed by atoms with Crippen LogP contribution in [0.2, 0.25) is 18.1 Å². The zero-order valence-corrected chi connectivity index (χ0v) is 14.2. The van der Waals surface area contributed by atoms with Crippen molar-refractivity contribution in [2.45, 2.75) is 57.3 Å². The molecule has 0 unspecified atom stereocenters. The zero-order chi connectivity index (χ0) is 15.8. The molecule has 1 aromatic carbocycles. The Hall–Kier alpha value is -1.24. The van der Waals surface area contributed by atoms with Gasteiger partial charge >= 0.3 is 6.23 Å². The van der Waals surface area contributed by atoms with E-state index in [1.165, 1.54) is 0 Å². The Balaban J connectivity index is 2.24. The standard InChI is InChI=1S/C15H23NO4Si/c1-15(2,3)21(4,5)20-12(11-9-7-6-8-10-11)13-14(19-13)16(17)18/h6-10,12-14H,1-5H3/t12-,13+,14-/m1/s1. The molecule has 0 radical (unpaired) electrons. The summed E-state index contributed by atoms with van der Waals surface area (Å²) in [6, 6.07) is 9.64. The quantitative estimate of drug-likeness (QED) is 0.359. The molecular weight excluding hydrogens is 286 g/mol. The summed E-state index contributed by atoms with van der Waals surface area (Å²) in [5.74, 6) is 0. The summed E-state index contributed by atoms with van der Waals surface area (Å²) in [5, 5.41) is 10.9. The zero-order valence-electron chi connectivity index (χ0n) is 13.2. The highest BCUT2D eigenvalue weighted by atomic mass is 28.4. The van der Waals surface area contributed by atoms with Gasteiger partial charge < -0.3 is 4.43 Å². The van der Waals surface area contributed by atoms with Crippen molar-refractivity contribution in [3.8, 4) is 0 Å². The van der Waals surface area contributed by atoms with E-state index in [1.807, 2.05) is 30.3 Å². The third kappa shape index (κ3) is 3.51. The average Bonchev–Trinajstić information content (AvgIpc) is 3.16. The number of hydrogen-bond acceptors (Lipinski definition) is 4. The number of epoxide rings is 1. The predicted molar refractivity (Wildman–Crippen MR) is 83.1 cm³/mol. The molecule has 0 spiro atoms. The maximum atomic E-state index is 10.9. The molecule has 0 aromatic heterocycles. The van der Waals surface area contributed by atoms with Gasteiger partial charge in [0, 0.05) is 0 Å². The lowest BCUT2D eigenvalue weighted by Gasteiger charge is -2.38. The van der Waals surface area contributed by atoms with Crippen molar-refractivity contribution < 1.29 is 14.1 Å². The van der Waals surface area contributed by atoms with Crippen LogP contribution in [-0.4, -0.2) is 25.6 Å². The minimum absolute atomic E-state index is 0.0407. The highest BCUT2D eigenvalue weighted by molar-refractivity contribution is 6.74. The van der Waals surface area contributed by atoms with Crippen LogP contribution in [0.15, 0.2) is 30.3 Å². The SMILES string of the molecule is CC(C)(C)[Si](C)(C)O[C@H](c1ccccc1)[C@@H]1O[C@H]1[N+](=O)[O-]. The van der Waals surface area contributed by atoms with Crippen LogP contribution in [0.4, 0.5) is 0 Å². The molecule has 6 heteroatoms. The number of nitro groups is 1. The fraction of sp³-hybridized carbons (Fsp3) is 0.600. The van der Waals surface area contributed by atoms with Crippen molar-refractivity contribution in [2.24, 2.45) is 0 Å².